The highest BCUT2D eigenvalue weighted by atomic mass is 16.4. The number of imidazole rings is 1. The number of carbonyl (C=O) groups is 4. The third kappa shape index (κ3) is 9.67. The van der Waals surface area contributed by atoms with E-state index in [0.717, 1.165) is 0 Å². The van der Waals surface area contributed by atoms with Crippen LogP contribution in [0.25, 0.3) is 0 Å². The number of nitrogens with zero attached hydrogens (tertiary/aromatic N) is 1. The lowest BCUT2D eigenvalue weighted by Gasteiger charge is -2.30. The molecule has 198 valence electrons. The maximum atomic E-state index is 13.3. The van der Waals surface area contributed by atoms with Gasteiger partial charge in [-0.25, -0.2) is 9.78 Å². The molecule has 1 rings (SSSR count). The van der Waals surface area contributed by atoms with Gasteiger partial charge in [-0.05, 0) is 24.2 Å². The van der Waals surface area contributed by atoms with E-state index in [4.69, 9.17) is 5.73 Å². The summed E-state index contributed by atoms with van der Waals surface area (Å²) in [7, 11) is 0. The van der Waals surface area contributed by atoms with Gasteiger partial charge in [0.2, 0.25) is 17.7 Å². The van der Waals surface area contributed by atoms with Crippen molar-refractivity contribution < 1.29 is 24.3 Å². The van der Waals surface area contributed by atoms with Crippen LogP contribution in [0, 0.1) is 17.8 Å². The number of carboxylic acids is 1. The van der Waals surface area contributed by atoms with E-state index in [1.54, 1.807) is 13.1 Å². The standard InChI is InChI=1S/C24H42N6O5/c1-7-14(5)19(22(32)28-18(24(34)35)9-13(3)4)30-23(33)20(15(6)8-2)29-21(31)17(25)10-16-11-26-12-27-16/h11-15,17-20H,7-10,25H2,1-6H3,(H,26,27)(H,28,32)(H,29,31)(H,30,33)(H,34,35). The predicted molar refractivity (Wildman–Crippen MR) is 132 cm³/mol. The van der Waals surface area contributed by atoms with Gasteiger partial charge in [0.1, 0.15) is 18.1 Å². The number of nitrogens with one attached hydrogen (secondary N) is 4. The molecule has 11 heteroatoms. The van der Waals surface area contributed by atoms with Gasteiger partial charge in [0.05, 0.1) is 12.4 Å². The van der Waals surface area contributed by atoms with Crippen molar-refractivity contribution in [2.45, 2.75) is 91.4 Å². The van der Waals surface area contributed by atoms with Gasteiger partial charge in [-0.3, -0.25) is 14.4 Å². The number of aliphatic carboxylic acids is 1. The molecule has 0 bridgehead atoms. The largest absolute Gasteiger partial charge is 0.480 e. The van der Waals surface area contributed by atoms with Crippen LogP contribution in [0.2, 0.25) is 0 Å². The Morgan fingerprint density at radius 1 is 0.943 bits per heavy atom. The van der Waals surface area contributed by atoms with Crippen LogP contribution < -0.4 is 21.7 Å². The second-order valence-electron chi connectivity index (χ2n) is 9.66. The monoisotopic (exact) mass is 494 g/mol. The molecule has 1 heterocycles. The number of aromatic amines is 1. The molecule has 7 N–H and O–H groups in total. The Morgan fingerprint density at radius 3 is 1.89 bits per heavy atom. The summed E-state index contributed by atoms with van der Waals surface area (Å²) >= 11 is 0. The molecule has 6 unspecified atom stereocenters. The van der Waals surface area contributed by atoms with E-state index in [1.807, 2.05) is 34.6 Å². The fourth-order valence-electron chi connectivity index (χ4n) is 3.59. The summed E-state index contributed by atoms with van der Waals surface area (Å²) in [6, 6.07) is -3.82. The molecule has 1 aromatic rings. The highest BCUT2D eigenvalue weighted by Crippen LogP contribution is 2.14. The smallest absolute Gasteiger partial charge is 0.326 e. The SMILES string of the molecule is CCC(C)C(NC(=O)C(N)Cc1cnc[nH]1)C(=O)NC(C(=O)NC(CC(C)C)C(=O)O)C(C)CC. The van der Waals surface area contributed by atoms with Crippen LogP contribution in [0.5, 0.6) is 0 Å². The number of aromatic nitrogens is 2. The van der Waals surface area contributed by atoms with Crippen LogP contribution in [0.4, 0.5) is 0 Å². The third-order valence-electron chi connectivity index (χ3n) is 6.24. The molecule has 1 aromatic heterocycles. The molecular weight excluding hydrogens is 452 g/mol. The Labute approximate surface area is 207 Å². The summed E-state index contributed by atoms with van der Waals surface area (Å²) < 4.78 is 0. The van der Waals surface area contributed by atoms with E-state index in [1.165, 1.54) is 6.33 Å². The number of carboxylic acid groups (broad SMARTS) is 1. The number of hydrogen-bond acceptors (Lipinski definition) is 6. The Morgan fingerprint density at radius 2 is 1.46 bits per heavy atom. The Kier molecular flexibility index (Phi) is 12.4. The highest BCUT2D eigenvalue weighted by molar-refractivity contribution is 5.94. The van der Waals surface area contributed by atoms with Crippen LogP contribution in [0.1, 0.15) is 66.5 Å². The van der Waals surface area contributed by atoms with Gasteiger partial charge in [0.25, 0.3) is 0 Å². The maximum Gasteiger partial charge on any atom is 0.326 e. The van der Waals surface area contributed by atoms with Gasteiger partial charge >= 0.3 is 5.97 Å². The first kappa shape index (κ1) is 30.1. The third-order valence-corrected chi connectivity index (χ3v) is 6.24. The number of hydrogen-bond donors (Lipinski definition) is 6. The fourth-order valence-corrected chi connectivity index (χ4v) is 3.59. The molecule has 0 aromatic carbocycles. The van der Waals surface area contributed by atoms with Gasteiger partial charge in [-0.1, -0.05) is 54.4 Å². The molecule has 0 spiro atoms. The summed E-state index contributed by atoms with van der Waals surface area (Å²) in [5.74, 6) is -3.13. The van der Waals surface area contributed by atoms with Crippen LogP contribution >= 0.6 is 0 Å². The van der Waals surface area contributed by atoms with Gasteiger partial charge in [-0.2, -0.15) is 0 Å². The van der Waals surface area contributed by atoms with E-state index in [2.05, 4.69) is 25.9 Å². The average Bonchev–Trinajstić information content (AvgIpc) is 3.31. The Bertz CT molecular complexity index is 828. The molecule has 0 fully saturated rings. The van der Waals surface area contributed by atoms with Crippen LogP contribution in [-0.2, 0) is 25.6 Å². The summed E-state index contributed by atoms with van der Waals surface area (Å²) in [5.41, 5.74) is 6.72. The zero-order valence-corrected chi connectivity index (χ0v) is 21.6. The molecule has 0 aliphatic heterocycles. The predicted octanol–water partition coefficient (Wildman–Crippen LogP) is 0.957. The average molecular weight is 495 g/mol. The lowest BCUT2D eigenvalue weighted by Crippen LogP contribution is -2.60. The summed E-state index contributed by atoms with van der Waals surface area (Å²) in [6.45, 7) is 11.1. The lowest BCUT2D eigenvalue weighted by molar-refractivity contribution is -0.143. The molecule has 35 heavy (non-hydrogen) atoms. The molecule has 11 nitrogen and oxygen atoms in total. The summed E-state index contributed by atoms with van der Waals surface area (Å²) in [4.78, 5) is 57.5. The van der Waals surface area contributed by atoms with Crippen molar-refractivity contribution in [1.29, 1.82) is 0 Å². The second kappa shape index (κ2) is 14.4. The zero-order valence-electron chi connectivity index (χ0n) is 21.6. The van der Waals surface area contributed by atoms with E-state index in [9.17, 15) is 24.3 Å². The van der Waals surface area contributed by atoms with Gasteiger partial charge < -0.3 is 31.8 Å². The Balaban J connectivity index is 2.99. The quantitative estimate of drug-likeness (QED) is 0.210. The van der Waals surface area contributed by atoms with Crippen molar-refractivity contribution in [1.82, 2.24) is 25.9 Å². The molecule has 3 amide bonds. The number of rotatable bonds is 15. The number of amides is 3. The molecule has 0 aliphatic carbocycles. The first-order valence-corrected chi connectivity index (χ1v) is 12.3. The van der Waals surface area contributed by atoms with Crippen LogP contribution in [-0.4, -0.2) is 62.9 Å². The number of H-pyrrole nitrogens is 1. The zero-order chi connectivity index (χ0) is 26.7. The molecule has 0 aliphatic rings. The van der Waals surface area contributed by atoms with Crippen molar-refractivity contribution in [3.63, 3.8) is 0 Å². The van der Waals surface area contributed by atoms with Crippen molar-refractivity contribution >= 4 is 23.7 Å². The summed E-state index contributed by atoms with van der Waals surface area (Å²) in [5, 5.41) is 17.5. The number of nitrogens with two attached hydrogens (primary N) is 1. The molecular formula is C24H42N6O5. The van der Waals surface area contributed by atoms with Crippen molar-refractivity contribution in [3.8, 4) is 0 Å². The van der Waals surface area contributed by atoms with Crippen molar-refractivity contribution in [2.75, 3.05) is 0 Å². The van der Waals surface area contributed by atoms with E-state index < -0.39 is 47.9 Å². The van der Waals surface area contributed by atoms with E-state index in [-0.39, 0.29) is 30.6 Å². The maximum absolute atomic E-state index is 13.3. The molecule has 0 saturated heterocycles. The molecule has 0 radical (unpaired) electrons. The van der Waals surface area contributed by atoms with Gasteiger partial charge in [-0.15, -0.1) is 0 Å². The normalized spacial score (nSPS) is 16.5. The first-order valence-electron chi connectivity index (χ1n) is 12.3. The minimum Gasteiger partial charge on any atom is -0.480 e. The number of carbonyl (C=O) groups excluding carboxylic acids is 3. The van der Waals surface area contributed by atoms with E-state index >= 15 is 0 Å². The lowest BCUT2D eigenvalue weighted by atomic mass is 9.94. The van der Waals surface area contributed by atoms with E-state index in [0.29, 0.717) is 18.5 Å². The molecule has 6 atom stereocenters. The first-order chi connectivity index (χ1) is 16.4. The second-order valence-corrected chi connectivity index (χ2v) is 9.66. The summed E-state index contributed by atoms with van der Waals surface area (Å²) in [6.07, 6.45) is 4.74. The van der Waals surface area contributed by atoms with Crippen molar-refractivity contribution in [3.05, 3.63) is 18.2 Å². The van der Waals surface area contributed by atoms with Gasteiger partial charge in [0.15, 0.2) is 0 Å². The van der Waals surface area contributed by atoms with Crippen LogP contribution in [0.15, 0.2) is 12.5 Å². The van der Waals surface area contributed by atoms with Gasteiger partial charge in [0, 0.05) is 18.3 Å². The minimum atomic E-state index is -1.13. The molecule has 0 saturated carbocycles. The highest BCUT2D eigenvalue weighted by Gasteiger charge is 2.34. The topological polar surface area (TPSA) is 179 Å². The van der Waals surface area contributed by atoms with Crippen LogP contribution in [0.3, 0.4) is 0 Å². The van der Waals surface area contributed by atoms with Crippen molar-refractivity contribution in [2.24, 2.45) is 23.5 Å². The fraction of sp³-hybridized carbons (Fsp3) is 0.708. The Hall–Kier alpha value is -2.95. The minimum absolute atomic E-state index is 0.0593.